The zero-order chi connectivity index (χ0) is 13.4. The molecular formula is C14H20F2N2O. The SMILES string of the molecule is N[C@@H]1C[C@H](C(=O)N2CCC3(CC2)CC3(F)F)[C@H]2C[C@H]21. The van der Waals surface area contributed by atoms with Gasteiger partial charge in [-0.1, -0.05) is 0 Å². The lowest BCUT2D eigenvalue weighted by Gasteiger charge is -2.34. The zero-order valence-corrected chi connectivity index (χ0v) is 10.9. The highest BCUT2D eigenvalue weighted by molar-refractivity contribution is 5.80. The molecule has 1 spiro atoms. The van der Waals surface area contributed by atoms with E-state index in [9.17, 15) is 13.6 Å². The van der Waals surface area contributed by atoms with E-state index in [0.29, 0.717) is 37.8 Å². The lowest BCUT2D eigenvalue weighted by Crippen LogP contribution is -2.43. The van der Waals surface area contributed by atoms with Gasteiger partial charge >= 0.3 is 0 Å². The van der Waals surface area contributed by atoms with Crippen LogP contribution < -0.4 is 5.73 Å². The van der Waals surface area contributed by atoms with E-state index in [1.54, 1.807) is 0 Å². The molecule has 1 aliphatic heterocycles. The summed E-state index contributed by atoms with van der Waals surface area (Å²) in [6, 6.07) is 0.183. The van der Waals surface area contributed by atoms with Crippen molar-refractivity contribution in [1.82, 2.24) is 4.90 Å². The second-order valence-corrected chi connectivity index (χ2v) is 7.06. The molecule has 4 fully saturated rings. The number of hydrogen-bond acceptors (Lipinski definition) is 2. The van der Waals surface area contributed by atoms with Crippen LogP contribution >= 0.6 is 0 Å². The largest absolute Gasteiger partial charge is 0.342 e. The third-order valence-corrected chi connectivity index (χ3v) is 6.04. The number of hydrogen-bond donors (Lipinski definition) is 1. The molecule has 106 valence electrons. The van der Waals surface area contributed by atoms with E-state index in [4.69, 9.17) is 5.73 Å². The number of carbonyl (C=O) groups excluding carboxylic acids is 1. The fourth-order valence-corrected chi connectivity index (χ4v) is 4.43. The molecule has 19 heavy (non-hydrogen) atoms. The van der Waals surface area contributed by atoms with E-state index in [-0.39, 0.29) is 24.3 Å². The summed E-state index contributed by atoms with van der Waals surface area (Å²) < 4.78 is 26.6. The highest BCUT2D eigenvalue weighted by Crippen LogP contribution is 2.66. The Morgan fingerprint density at radius 2 is 1.79 bits per heavy atom. The lowest BCUT2D eigenvalue weighted by molar-refractivity contribution is -0.138. The van der Waals surface area contributed by atoms with Crippen LogP contribution in [-0.2, 0) is 4.79 Å². The molecule has 1 amide bonds. The molecule has 0 aromatic carbocycles. The summed E-state index contributed by atoms with van der Waals surface area (Å²) in [6.45, 7) is 1.02. The molecule has 4 rings (SSSR count). The summed E-state index contributed by atoms with van der Waals surface area (Å²) in [4.78, 5) is 14.3. The summed E-state index contributed by atoms with van der Waals surface area (Å²) >= 11 is 0. The highest BCUT2D eigenvalue weighted by atomic mass is 19.3. The van der Waals surface area contributed by atoms with E-state index in [2.05, 4.69) is 0 Å². The van der Waals surface area contributed by atoms with Gasteiger partial charge in [-0.3, -0.25) is 4.79 Å². The minimum atomic E-state index is -2.47. The molecular weight excluding hydrogens is 250 g/mol. The number of amides is 1. The van der Waals surface area contributed by atoms with Crippen LogP contribution in [0.4, 0.5) is 8.78 Å². The lowest BCUT2D eigenvalue weighted by atomic mass is 9.91. The Morgan fingerprint density at radius 1 is 1.16 bits per heavy atom. The Balaban J connectivity index is 1.38. The first-order chi connectivity index (χ1) is 8.94. The van der Waals surface area contributed by atoms with E-state index in [1.165, 1.54) is 0 Å². The summed E-state index contributed by atoms with van der Waals surface area (Å²) in [6.07, 6.45) is 2.86. The predicted octanol–water partition coefficient (Wildman–Crippen LogP) is 1.62. The molecule has 0 aromatic heterocycles. The number of fused-ring (bicyclic) bond motifs is 1. The maximum Gasteiger partial charge on any atom is 0.254 e. The second-order valence-electron chi connectivity index (χ2n) is 7.06. The van der Waals surface area contributed by atoms with Crippen molar-refractivity contribution in [3.05, 3.63) is 0 Å². The minimum Gasteiger partial charge on any atom is -0.342 e. The van der Waals surface area contributed by atoms with Gasteiger partial charge in [-0.15, -0.1) is 0 Å². The van der Waals surface area contributed by atoms with Crippen LogP contribution in [0.15, 0.2) is 0 Å². The van der Waals surface area contributed by atoms with Crippen LogP contribution in [0.2, 0.25) is 0 Å². The van der Waals surface area contributed by atoms with Gasteiger partial charge in [-0.25, -0.2) is 8.78 Å². The molecule has 3 aliphatic carbocycles. The normalized spacial score (nSPS) is 45.1. The number of piperidine rings is 1. The number of carbonyl (C=O) groups is 1. The smallest absolute Gasteiger partial charge is 0.254 e. The van der Waals surface area contributed by atoms with E-state index < -0.39 is 11.3 Å². The molecule has 0 bridgehead atoms. The fourth-order valence-electron chi connectivity index (χ4n) is 4.43. The van der Waals surface area contributed by atoms with Gasteiger partial charge in [0.15, 0.2) is 0 Å². The average molecular weight is 270 g/mol. The van der Waals surface area contributed by atoms with Crippen molar-refractivity contribution in [3.63, 3.8) is 0 Å². The third-order valence-electron chi connectivity index (χ3n) is 6.04. The standard InChI is InChI=1S/C14H20F2N2O/c15-14(16)7-13(14)1-3-18(4-2-13)12(19)10-6-11(17)9-5-8(9)10/h8-11H,1-7,17H2/t8-,9+,10-,11+/m0/s1. The van der Waals surface area contributed by atoms with Crippen LogP contribution in [0.3, 0.4) is 0 Å². The van der Waals surface area contributed by atoms with Crippen LogP contribution in [0.25, 0.3) is 0 Å². The number of rotatable bonds is 1. The van der Waals surface area contributed by atoms with Gasteiger partial charge in [0, 0.05) is 36.9 Å². The fraction of sp³-hybridized carbons (Fsp3) is 0.929. The van der Waals surface area contributed by atoms with Gasteiger partial charge in [0.05, 0.1) is 0 Å². The second kappa shape index (κ2) is 3.48. The monoisotopic (exact) mass is 270 g/mol. The van der Waals surface area contributed by atoms with Gasteiger partial charge in [-0.05, 0) is 37.5 Å². The molecule has 4 aliphatic rings. The highest BCUT2D eigenvalue weighted by Gasteiger charge is 2.71. The summed E-state index contributed by atoms with van der Waals surface area (Å²) in [5.41, 5.74) is 5.23. The zero-order valence-electron chi connectivity index (χ0n) is 10.9. The molecule has 1 heterocycles. The van der Waals surface area contributed by atoms with Crippen molar-refractivity contribution in [3.8, 4) is 0 Å². The molecule has 0 aromatic rings. The van der Waals surface area contributed by atoms with Crippen molar-refractivity contribution in [2.45, 2.75) is 44.1 Å². The van der Waals surface area contributed by atoms with E-state index >= 15 is 0 Å². The van der Waals surface area contributed by atoms with Crippen molar-refractivity contribution in [2.75, 3.05) is 13.1 Å². The van der Waals surface area contributed by atoms with Crippen LogP contribution in [0, 0.1) is 23.2 Å². The molecule has 2 N–H and O–H groups in total. The summed E-state index contributed by atoms with van der Waals surface area (Å²) in [7, 11) is 0. The first kappa shape index (κ1) is 12.1. The number of nitrogens with zero attached hydrogens (tertiary/aromatic N) is 1. The maximum atomic E-state index is 13.3. The van der Waals surface area contributed by atoms with Gasteiger partial charge in [0.1, 0.15) is 0 Å². The first-order valence-electron chi connectivity index (χ1n) is 7.36. The molecule has 3 nitrogen and oxygen atoms in total. The molecule has 4 atom stereocenters. The van der Waals surface area contributed by atoms with E-state index in [1.807, 2.05) is 4.90 Å². The molecule has 0 unspecified atom stereocenters. The average Bonchev–Trinajstić information content (AvgIpc) is 3.21. The number of nitrogens with two attached hydrogens (primary N) is 1. The number of halogens is 2. The van der Waals surface area contributed by atoms with Crippen molar-refractivity contribution < 1.29 is 13.6 Å². The van der Waals surface area contributed by atoms with Crippen LogP contribution in [0.5, 0.6) is 0 Å². The number of alkyl halides is 2. The maximum absolute atomic E-state index is 13.3. The number of likely N-dealkylation sites (tertiary alicyclic amines) is 1. The van der Waals surface area contributed by atoms with Crippen molar-refractivity contribution in [1.29, 1.82) is 0 Å². The third kappa shape index (κ3) is 1.60. The molecule has 3 saturated carbocycles. The van der Waals surface area contributed by atoms with Crippen LogP contribution in [-0.4, -0.2) is 35.9 Å². The minimum absolute atomic E-state index is 0.0288. The predicted molar refractivity (Wildman–Crippen MR) is 65.5 cm³/mol. The molecule has 1 saturated heterocycles. The Kier molecular flexibility index (Phi) is 2.21. The van der Waals surface area contributed by atoms with Gasteiger partial charge in [-0.2, -0.15) is 0 Å². The molecule has 0 radical (unpaired) electrons. The summed E-state index contributed by atoms with van der Waals surface area (Å²) in [5, 5.41) is 0. The Bertz CT molecular complexity index is 431. The topological polar surface area (TPSA) is 46.3 Å². The Hall–Kier alpha value is -0.710. The van der Waals surface area contributed by atoms with Gasteiger partial charge in [0.2, 0.25) is 5.91 Å². The van der Waals surface area contributed by atoms with Gasteiger partial charge in [0.25, 0.3) is 5.92 Å². The van der Waals surface area contributed by atoms with Crippen molar-refractivity contribution >= 4 is 5.91 Å². The Morgan fingerprint density at radius 3 is 2.21 bits per heavy atom. The quantitative estimate of drug-likeness (QED) is 0.787. The van der Waals surface area contributed by atoms with Crippen LogP contribution in [0.1, 0.15) is 32.1 Å². The summed E-state index contributed by atoms with van der Waals surface area (Å²) in [5.74, 6) is -1.17. The van der Waals surface area contributed by atoms with Gasteiger partial charge < -0.3 is 10.6 Å². The molecule has 5 heteroatoms. The Labute approximate surface area is 111 Å². The van der Waals surface area contributed by atoms with Crippen molar-refractivity contribution in [2.24, 2.45) is 28.9 Å². The first-order valence-corrected chi connectivity index (χ1v) is 7.36. The van der Waals surface area contributed by atoms with E-state index in [0.717, 1.165) is 12.8 Å².